The van der Waals surface area contributed by atoms with E-state index in [4.69, 9.17) is 10.8 Å². The third kappa shape index (κ3) is 3.01. The molecule has 0 rings (SSSR count). The van der Waals surface area contributed by atoms with E-state index < -0.39 is 0 Å². The summed E-state index contributed by atoms with van der Waals surface area (Å²) in [5, 5.41) is 11.3. The minimum absolute atomic E-state index is 0.161. The maximum Gasteiger partial charge on any atom is 0.0654 e. The summed E-state index contributed by atoms with van der Waals surface area (Å²) in [5.41, 5.74) is 7.76. The van der Waals surface area contributed by atoms with Crippen LogP contribution in [0.4, 0.5) is 0 Å². The predicted molar refractivity (Wildman–Crippen MR) is 28.8 cm³/mol. The molecule has 0 heterocycles. The Hall–Kier alpha value is -1.20. The minimum atomic E-state index is -0.161. The molecule has 1 atom stereocenters. The van der Waals surface area contributed by atoms with Crippen LogP contribution in [-0.2, 0) is 0 Å². The van der Waals surface area contributed by atoms with Crippen LogP contribution in [0.3, 0.4) is 0 Å². The molecule has 0 amide bonds. The SMILES string of the molecule is CC(C#N)CN=[N+]=[N-]. The lowest BCUT2D eigenvalue weighted by Gasteiger charge is -1.88. The molecule has 0 saturated heterocycles. The van der Waals surface area contributed by atoms with Gasteiger partial charge in [-0.3, -0.25) is 0 Å². The molecule has 8 heavy (non-hydrogen) atoms. The Bertz CT molecular complexity index is 139. The van der Waals surface area contributed by atoms with E-state index in [1.165, 1.54) is 0 Å². The van der Waals surface area contributed by atoms with Crippen molar-refractivity contribution in [3.05, 3.63) is 10.4 Å². The Balaban J connectivity index is 3.43. The molecular weight excluding hydrogens is 104 g/mol. The molecule has 0 aromatic heterocycles. The van der Waals surface area contributed by atoms with E-state index in [0.29, 0.717) is 0 Å². The Morgan fingerprint density at radius 1 is 2.00 bits per heavy atom. The molecule has 0 aromatic rings. The van der Waals surface area contributed by atoms with Crippen LogP contribution in [0.1, 0.15) is 6.92 Å². The third-order valence-corrected chi connectivity index (χ3v) is 0.639. The van der Waals surface area contributed by atoms with Crippen molar-refractivity contribution in [2.75, 3.05) is 6.54 Å². The van der Waals surface area contributed by atoms with Gasteiger partial charge in [0, 0.05) is 17.4 Å². The number of azide groups is 1. The lowest BCUT2D eigenvalue weighted by Crippen LogP contribution is -1.91. The zero-order valence-electron chi connectivity index (χ0n) is 4.57. The van der Waals surface area contributed by atoms with Gasteiger partial charge in [0.1, 0.15) is 0 Å². The van der Waals surface area contributed by atoms with Crippen molar-refractivity contribution in [3.8, 4) is 6.07 Å². The molecule has 0 fully saturated rings. The Labute approximate surface area is 47.4 Å². The van der Waals surface area contributed by atoms with E-state index in [-0.39, 0.29) is 12.5 Å². The maximum absolute atomic E-state index is 8.13. The normalized spacial score (nSPS) is 11.0. The molecule has 0 N–H and O–H groups in total. The summed E-state index contributed by atoms with van der Waals surface area (Å²) in [6, 6.07) is 1.93. The average Bonchev–Trinajstić information content (AvgIpc) is 1.83. The van der Waals surface area contributed by atoms with E-state index in [1.54, 1.807) is 6.92 Å². The zero-order valence-corrected chi connectivity index (χ0v) is 4.57. The quantitative estimate of drug-likeness (QED) is 0.301. The fraction of sp³-hybridized carbons (Fsp3) is 0.750. The van der Waals surface area contributed by atoms with Gasteiger partial charge in [-0.15, -0.1) is 0 Å². The van der Waals surface area contributed by atoms with Crippen LogP contribution in [0.2, 0.25) is 0 Å². The summed E-state index contributed by atoms with van der Waals surface area (Å²) in [6.07, 6.45) is 0. The summed E-state index contributed by atoms with van der Waals surface area (Å²) in [6.45, 7) is 1.97. The average molecular weight is 110 g/mol. The second kappa shape index (κ2) is 3.97. The Morgan fingerprint density at radius 2 is 2.62 bits per heavy atom. The molecule has 0 aliphatic carbocycles. The lowest BCUT2D eigenvalue weighted by molar-refractivity contribution is 0.751. The van der Waals surface area contributed by atoms with Crippen LogP contribution in [0.25, 0.3) is 10.4 Å². The number of nitrogens with zero attached hydrogens (tertiary/aromatic N) is 4. The van der Waals surface area contributed by atoms with Crippen molar-refractivity contribution in [1.29, 1.82) is 5.26 Å². The highest BCUT2D eigenvalue weighted by atomic mass is 15.1. The van der Waals surface area contributed by atoms with Crippen molar-refractivity contribution in [3.63, 3.8) is 0 Å². The molecule has 0 spiro atoms. The second-order valence-corrected chi connectivity index (χ2v) is 1.44. The lowest BCUT2D eigenvalue weighted by atomic mass is 10.2. The van der Waals surface area contributed by atoms with Crippen LogP contribution in [0, 0.1) is 17.2 Å². The summed E-state index contributed by atoms with van der Waals surface area (Å²) in [4.78, 5) is 2.50. The molecule has 4 heteroatoms. The van der Waals surface area contributed by atoms with Gasteiger partial charge in [-0.25, -0.2) is 0 Å². The highest BCUT2D eigenvalue weighted by Gasteiger charge is 1.92. The van der Waals surface area contributed by atoms with E-state index in [1.807, 2.05) is 6.07 Å². The monoisotopic (exact) mass is 110 g/mol. The Kier molecular flexibility index (Phi) is 3.38. The third-order valence-electron chi connectivity index (χ3n) is 0.639. The summed E-state index contributed by atoms with van der Waals surface area (Å²) in [7, 11) is 0. The van der Waals surface area contributed by atoms with Gasteiger partial charge < -0.3 is 0 Å². The molecule has 1 unspecified atom stereocenters. The molecule has 0 aromatic carbocycles. The highest BCUT2D eigenvalue weighted by Crippen LogP contribution is 1.90. The molecular formula is C4H6N4. The number of hydrogen-bond acceptors (Lipinski definition) is 2. The molecule has 0 aliphatic heterocycles. The zero-order chi connectivity index (χ0) is 6.41. The first-order chi connectivity index (χ1) is 3.81. The fourth-order valence-electron chi connectivity index (χ4n) is 0.200. The van der Waals surface area contributed by atoms with Gasteiger partial charge in [0.25, 0.3) is 0 Å². The van der Waals surface area contributed by atoms with Gasteiger partial charge in [-0.2, -0.15) is 5.26 Å². The number of nitriles is 1. The largest absolute Gasteiger partial charge is 0.198 e. The van der Waals surface area contributed by atoms with Crippen LogP contribution >= 0.6 is 0 Å². The minimum Gasteiger partial charge on any atom is -0.198 e. The predicted octanol–water partition coefficient (Wildman–Crippen LogP) is 1.46. The summed E-state index contributed by atoms with van der Waals surface area (Å²) >= 11 is 0. The molecule has 0 saturated carbocycles. The van der Waals surface area contributed by atoms with E-state index >= 15 is 0 Å². The van der Waals surface area contributed by atoms with Crippen LogP contribution < -0.4 is 0 Å². The van der Waals surface area contributed by atoms with E-state index in [9.17, 15) is 0 Å². The number of hydrogen-bond donors (Lipinski definition) is 0. The first-order valence-electron chi connectivity index (χ1n) is 2.21. The maximum atomic E-state index is 8.13. The second-order valence-electron chi connectivity index (χ2n) is 1.44. The highest BCUT2D eigenvalue weighted by molar-refractivity contribution is 4.79. The first kappa shape index (κ1) is 6.80. The Morgan fingerprint density at radius 3 is 3.00 bits per heavy atom. The van der Waals surface area contributed by atoms with Crippen molar-refractivity contribution >= 4 is 0 Å². The molecule has 0 aliphatic rings. The van der Waals surface area contributed by atoms with Crippen LogP contribution in [0.5, 0.6) is 0 Å². The smallest absolute Gasteiger partial charge is 0.0654 e. The number of rotatable bonds is 2. The topological polar surface area (TPSA) is 72.5 Å². The van der Waals surface area contributed by atoms with Crippen molar-refractivity contribution < 1.29 is 0 Å². The standard InChI is InChI=1S/C4H6N4/c1-4(2-5)3-7-8-6/h4H,3H2,1H3. The molecule has 42 valence electrons. The van der Waals surface area contributed by atoms with Crippen LogP contribution in [-0.4, -0.2) is 6.54 Å². The molecule has 4 nitrogen and oxygen atoms in total. The van der Waals surface area contributed by atoms with Crippen molar-refractivity contribution in [2.45, 2.75) is 6.92 Å². The van der Waals surface area contributed by atoms with Crippen molar-refractivity contribution in [1.82, 2.24) is 0 Å². The fourth-order valence-corrected chi connectivity index (χ4v) is 0.200. The molecule has 0 radical (unpaired) electrons. The van der Waals surface area contributed by atoms with Gasteiger partial charge >= 0.3 is 0 Å². The van der Waals surface area contributed by atoms with E-state index in [2.05, 4.69) is 10.0 Å². The van der Waals surface area contributed by atoms with Crippen LogP contribution in [0.15, 0.2) is 5.11 Å². The van der Waals surface area contributed by atoms with Gasteiger partial charge in [0.15, 0.2) is 0 Å². The first-order valence-corrected chi connectivity index (χ1v) is 2.21. The van der Waals surface area contributed by atoms with Crippen molar-refractivity contribution in [2.24, 2.45) is 11.0 Å². The van der Waals surface area contributed by atoms with Gasteiger partial charge in [-0.05, 0) is 12.5 Å². The summed E-state index contributed by atoms with van der Waals surface area (Å²) < 4.78 is 0. The van der Waals surface area contributed by atoms with Gasteiger partial charge in [0.05, 0.1) is 6.07 Å². The van der Waals surface area contributed by atoms with Gasteiger partial charge in [0.2, 0.25) is 0 Å². The van der Waals surface area contributed by atoms with E-state index in [0.717, 1.165) is 0 Å². The molecule has 0 bridgehead atoms. The summed E-state index contributed by atoms with van der Waals surface area (Å²) in [5.74, 6) is -0.161. The van der Waals surface area contributed by atoms with Gasteiger partial charge in [-0.1, -0.05) is 5.11 Å².